The van der Waals surface area contributed by atoms with Gasteiger partial charge in [-0.1, -0.05) is 23.7 Å². The number of hydrogen-bond acceptors (Lipinski definition) is 2. The summed E-state index contributed by atoms with van der Waals surface area (Å²) in [4.78, 5) is 13.2. The molecular formula is C12H14ClNO2. The van der Waals surface area contributed by atoms with Crippen molar-refractivity contribution in [3.05, 3.63) is 29.3 Å². The first-order valence-electron chi connectivity index (χ1n) is 5.42. The predicted molar refractivity (Wildman–Crippen MR) is 62.8 cm³/mol. The molecule has 16 heavy (non-hydrogen) atoms. The van der Waals surface area contributed by atoms with Gasteiger partial charge in [-0.25, -0.2) is 0 Å². The summed E-state index contributed by atoms with van der Waals surface area (Å²) in [6.07, 6.45) is 1.64. The van der Waals surface area contributed by atoms with Crippen LogP contribution in [0.4, 0.5) is 0 Å². The Morgan fingerprint density at radius 3 is 2.88 bits per heavy atom. The Morgan fingerprint density at radius 2 is 2.19 bits per heavy atom. The molecule has 0 spiro atoms. The van der Waals surface area contributed by atoms with E-state index in [0.29, 0.717) is 30.3 Å². The Hall–Kier alpha value is -1.22. The number of para-hydroxylation sites is 1. The van der Waals surface area contributed by atoms with Crippen molar-refractivity contribution in [1.29, 1.82) is 0 Å². The maximum atomic E-state index is 11.3. The van der Waals surface area contributed by atoms with Crippen molar-refractivity contribution in [2.45, 2.75) is 12.8 Å². The lowest BCUT2D eigenvalue weighted by Crippen LogP contribution is -2.29. The van der Waals surface area contributed by atoms with Crippen LogP contribution in [0.2, 0.25) is 5.02 Å². The summed E-state index contributed by atoms with van der Waals surface area (Å²) in [5, 5.41) is 0.607. The Labute approximate surface area is 100.0 Å². The first-order chi connectivity index (χ1) is 7.77. The molecule has 0 bridgehead atoms. The summed E-state index contributed by atoms with van der Waals surface area (Å²) in [5.74, 6) is 0.901. The van der Waals surface area contributed by atoms with Gasteiger partial charge in [-0.05, 0) is 18.6 Å². The predicted octanol–water partition coefficient (Wildman–Crippen LogP) is 2.34. The molecule has 0 N–H and O–H groups in total. The van der Waals surface area contributed by atoms with Gasteiger partial charge in [0.2, 0.25) is 5.91 Å². The molecule has 1 amide bonds. The summed E-state index contributed by atoms with van der Waals surface area (Å²) < 4.78 is 5.52. The van der Waals surface area contributed by atoms with Gasteiger partial charge in [0.15, 0.2) is 0 Å². The number of amides is 1. The van der Waals surface area contributed by atoms with Crippen molar-refractivity contribution >= 4 is 17.5 Å². The van der Waals surface area contributed by atoms with Crippen LogP contribution in [-0.4, -0.2) is 30.5 Å². The van der Waals surface area contributed by atoms with E-state index in [1.165, 1.54) is 0 Å². The molecule has 0 aliphatic carbocycles. The largest absolute Gasteiger partial charge is 0.490 e. The third-order valence-electron chi connectivity index (χ3n) is 2.63. The van der Waals surface area contributed by atoms with E-state index in [1.807, 2.05) is 23.1 Å². The maximum Gasteiger partial charge on any atom is 0.222 e. The minimum Gasteiger partial charge on any atom is -0.490 e. The fourth-order valence-corrected chi connectivity index (χ4v) is 1.96. The normalized spacial score (nSPS) is 15.6. The Morgan fingerprint density at radius 1 is 1.38 bits per heavy atom. The van der Waals surface area contributed by atoms with E-state index in [-0.39, 0.29) is 5.91 Å². The van der Waals surface area contributed by atoms with Gasteiger partial charge < -0.3 is 9.64 Å². The summed E-state index contributed by atoms with van der Waals surface area (Å²) in [7, 11) is 0. The lowest BCUT2D eigenvalue weighted by Gasteiger charge is -2.16. The molecule has 0 unspecified atom stereocenters. The SMILES string of the molecule is O=C1CCCN1CCOc1ccccc1Cl. The van der Waals surface area contributed by atoms with Crippen LogP contribution in [0, 0.1) is 0 Å². The highest BCUT2D eigenvalue weighted by Crippen LogP contribution is 2.23. The van der Waals surface area contributed by atoms with Crippen LogP contribution >= 0.6 is 11.6 Å². The topological polar surface area (TPSA) is 29.5 Å². The van der Waals surface area contributed by atoms with Crippen LogP contribution in [0.5, 0.6) is 5.75 Å². The smallest absolute Gasteiger partial charge is 0.222 e. The average molecular weight is 240 g/mol. The number of carbonyl (C=O) groups is 1. The van der Waals surface area contributed by atoms with Crippen LogP contribution in [0.1, 0.15) is 12.8 Å². The first-order valence-corrected chi connectivity index (χ1v) is 5.80. The number of ether oxygens (including phenoxy) is 1. The summed E-state index contributed by atoms with van der Waals surface area (Å²) in [6, 6.07) is 7.35. The van der Waals surface area contributed by atoms with E-state index in [0.717, 1.165) is 13.0 Å². The highest BCUT2D eigenvalue weighted by atomic mass is 35.5. The minimum atomic E-state index is 0.225. The molecule has 1 aromatic rings. The van der Waals surface area contributed by atoms with E-state index in [4.69, 9.17) is 16.3 Å². The molecule has 1 saturated heterocycles. The zero-order valence-electron chi connectivity index (χ0n) is 8.99. The molecule has 86 valence electrons. The summed E-state index contributed by atoms with van der Waals surface area (Å²) in [6.45, 7) is 1.99. The van der Waals surface area contributed by atoms with Gasteiger partial charge in [0.25, 0.3) is 0 Å². The number of halogens is 1. The molecule has 0 saturated carbocycles. The number of rotatable bonds is 4. The summed E-state index contributed by atoms with van der Waals surface area (Å²) in [5.41, 5.74) is 0. The van der Waals surface area contributed by atoms with Crippen LogP contribution in [0.25, 0.3) is 0 Å². The van der Waals surface area contributed by atoms with Crippen LogP contribution in [0.3, 0.4) is 0 Å². The maximum absolute atomic E-state index is 11.3. The standard InChI is InChI=1S/C12H14ClNO2/c13-10-4-1-2-5-11(10)16-9-8-14-7-3-6-12(14)15/h1-2,4-5H,3,6-9H2. The second-order valence-electron chi connectivity index (χ2n) is 3.76. The second-order valence-corrected chi connectivity index (χ2v) is 4.17. The molecule has 4 heteroatoms. The van der Waals surface area contributed by atoms with Gasteiger partial charge in [-0.2, -0.15) is 0 Å². The zero-order valence-corrected chi connectivity index (χ0v) is 9.74. The third-order valence-corrected chi connectivity index (χ3v) is 2.94. The number of nitrogens with zero attached hydrogens (tertiary/aromatic N) is 1. The molecule has 1 heterocycles. The summed E-state index contributed by atoms with van der Waals surface area (Å²) >= 11 is 5.94. The van der Waals surface area contributed by atoms with Gasteiger partial charge in [0.1, 0.15) is 12.4 Å². The van der Waals surface area contributed by atoms with Crippen molar-refractivity contribution in [2.24, 2.45) is 0 Å². The Kier molecular flexibility index (Phi) is 3.67. The van der Waals surface area contributed by atoms with Crippen LogP contribution in [-0.2, 0) is 4.79 Å². The molecule has 0 atom stereocenters. The van der Waals surface area contributed by atoms with E-state index >= 15 is 0 Å². The lowest BCUT2D eigenvalue weighted by atomic mass is 10.3. The molecule has 1 aromatic carbocycles. The van der Waals surface area contributed by atoms with Crippen molar-refractivity contribution in [1.82, 2.24) is 4.90 Å². The quantitative estimate of drug-likeness (QED) is 0.807. The fourth-order valence-electron chi connectivity index (χ4n) is 1.77. The van der Waals surface area contributed by atoms with E-state index in [1.54, 1.807) is 6.07 Å². The highest BCUT2D eigenvalue weighted by Gasteiger charge is 2.19. The van der Waals surface area contributed by atoms with Crippen molar-refractivity contribution < 1.29 is 9.53 Å². The Balaban J connectivity index is 1.80. The lowest BCUT2D eigenvalue weighted by molar-refractivity contribution is -0.128. The van der Waals surface area contributed by atoms with Crippen LogP contribution in [0.15, 0.2) is 24.3 Å². The average Bonchev–Trinajstić information content (AvgIpc) is 2.67. The fraction of sp³-hybridized carbons (Fsp3) is 0.417. The number of likely N-dealkylation sites (tertiary alicyclic amines) is 1. The molecular weight excluding hydrogens is 226 g/mol. The van der Waals surface area contributed by atoms with E-state index < -0.39 is 0 Å². The third kappa shape index (κ3) is 2.67. The molecule has 0 aromatic heterocycles. The molecule has 0 radical (unpaired) electrons. The number of benzene rings is 1. The van der Waals surface area contributed by atoms with Gasteiger partial charge in [-0.15, -0.1) is 0 Å². The Bertz CT molecular complexity index is 381. The van der Waals surface area contributed by atoms with Gasteiger partial charge in [0.05, 0.1) is 11.6 Å². The molecule has 1 aliphatic rings. The van der Waals surface area contributed by atoms with Crippen LogP contribution < -0.4 is 4.74 Å². The second kappa shape index (κ2) is 5.21. The van der Waals surface area contributed by atoms with Crippen molar-refractivity contribution in [3.8, 4) is 5.75 Å². The number of hydrogen-bond donors (Lipinski definition) is 0. The molecule has 3 nitrogen and oxygen atoms in total. The van der Waals surface area contributed by atoms with Crippen molar-refractivity contribution in [3.63, 3.8) is 0 Å². The number of carbonyl (C=O) groups excluding carboxylic acids is 1. The van der Waals surface area contributed by atoms with Gasteiger partial charge >= 0.3 is 0 Å². The van der Waals surface area contributed by atoms with Gasteiger partial charge in [-0.3, -0.25) is 4.79 Å². The van der Waals surface area contributed by atoms with E-state index in [9.17, 15) is 4.79 Å². The highest BCUT2D eigenvalue weighted by molar-refractivity contribution is 6.32. The monoisotopic (exact) mass is 239 g/mol. The van der Waals surface area contributed by atoms with Gasteiger partial charge in [0, 0.05) is 13.0 Å². The molecule has 1 fully saturated rings. The molecule has 1 aliphatic heterocycles. The first kappa shape index (κ1) is 11.3. The zero-order chi connectivity index (χ0) is 11.4. The van der Waals surface area contributed by atoms with E-state index in [2.05, 4.69) is 0 Å². The molecule has 2 rings (SSSR count). The van der Waals surface area contributed by atoms with Crippen molar-refractivity contribution in [2.75, 3.05) is 19.7 Å². The minimum absolute atomic E-state index is 0.225.